The normalized spacial score (nSPS) is 19.5. The molecule has 1 fully saturated rings. The molecule has 1 saturated carbocycles. The second kappa shape index (κ2) is 12.0. The average Bonchev–Trinajstić information content (AvgIpc) is 2.74. The number of aliphatic hydroxyl groups is 1. The van der Waals surface area contributed by atoms with Crippen molar-refractivity contribution in [3.8, 4) is 0 Å². The van der Waals surface area contributed by atoms with Crippen LogP contribution in [-0.4, -0.2) is 35.4 Å². The average molecular weight is 409 g/mol. The molecule has 0 amide bonds. The van der Waals surface area contributed by atoms with Gasteiger partial charge in [-0.1, -0.05) is 60.7 Å². The molecule has 0 atom stereocenters. The Kier molecular flexibility index (Phi) is 9.64. The van der Waals surface area contributed by atoms with Crippen molar-refractivity contribution in [1.82, 2.24) is 4.90 Å². The van der Waals surface area contributed by atoms with Crippen molar-refractivity contribution in [3.63, 3.8) is 0 Å². The summed E-state index contributed by atoms with van der Waals surface area (Å²) in [6.45, 7) is 2.02. The van der Waals surface area contributed by atoms with E-state index in [9.17, 15) is 13.2 Å². The number of hydrogen-bond donors (Lipinski definition) is 2. The second-order valence-electron chi connectivity index (χ2n) is 7.44. The third-order valence-corrected chi connectivity index (χ3v) is 5.26. The van der Waals surface area contributed by atoms with Crippen molar-refractivity contribution < 1.29 is 18.3 Å². The van der Waals surface area contributed by atoms with Crippen molar-refractivity contribution in [2.45, 2.75) is 51.0 Å². The minimum Gasteiger partial charge on any atom is -0.395 e. The summed E-state index contributed by atoms with van der Waals surface area (Å²) in [6.07, 6.45) is -2.33. The lowest BCUT2D eigenvalue weighted by Gasteiger charge is -2.37. The summed E-state index contributed by atoms with van der Waals surface area (Å²) >= 11 is 0. The Hall–Kier alpha value is -1.89. The van der Waals surface area contributed by atoms with Gasteiger partial charge in [-0.3, -0.25) is 4.90 Å². The van der Waals surface area contributed by atoms with Gasteiger partial charge in [0.2, 0.25) is 0 Å². The van der Waals surface area contributed by atoms with E-state index in [-0.39, 0.29) is 25.5 Å². The first-order valence-electron chi connectivity index (χ1n) is 10.1. The first-order chi connectivity index (χ1) is 13.9. The van der Waals surface area contributed by atoms with Gasteiger partial charge in [-0.2, -0.15) is 13.2 Å². The van der Waals surface area contributed by atoms with Gasteiger partial charge < -0.3 is 10.8 Å². The highest BCUT2D eigenvalue weighted by Crippen LogP contribution is 2.39. The van der Waals surface area contributed by atoms with Gasteiger partial charge in [0.1, 0.15) is 0 Å². The number of nitrogens with zero attached hydrogens (tertiary/aromatic N) is 1. The van der Waals surface area contributed by atoms with E-state index in [0.717, 1.165) is 13.1 Å². The minimum absolute atomic E-state index is 0.0972. The molecule has 160 valence electrons. The highest BCUT2D eigenvalue weighted by Gasteiger charge is 2.42. The monoisotopic (exact) mass is 408 g/mol. The molecule has 2 aromatic carbocycles. The molecule has 0 spiro atoms. The lowest BCUT2D eigenvalue weighted by atomic mass is 9.84. The molecule has 1 aliphatic carbocycles. The summed E-state index contributed by atoms with van der Waals surface area (Å²) in [5.41, 5.74) is 7.19. The van der Waals surface area contributed by atoms with E-state index < -0.39 is 12.1 Å². The van der Waals surface area contributed by atoms with Gasteiger partial charge in [0.05, 0.1) is 12.5 Å². The smallest absolute Gasteiger partial charge is 0.391 e. The third-order valence-electron chi connectivity index (χ3n) is 5.26. The van der Waals surface area contributed by atoms with Gasteiger partial charge in [-0.15, -0.1) is 0 Å². The zero-order valence-electron chi connectivity index (χ0n) is 16.7. The maximum atomic E-state index is 12.9. The van der Waals surface area contributed by atoms with Crippen LogP contribution in [0.3, 0.4) is 0 Å². The zero-order chi connectivity index (χ0) is 21.1. The first-order valence-corrected chi connectivity index (χ1v) is 10.1. The van der Waals surface area contributed by atoms with Gasteiger partial charge in [-0.05, 0) is 36.8 Å². The number of benzene rings is 2. The van der Waals surface area contributed by atoms with Gasteiger partial charge in [-0.25, -0.2) is 0 Å². The van der Waals surface area contributed by atoms with Crippen LogP contribution in [0.2, 0.25) is 0 Å². The van der Waals surface area contributed by atoms with Crippen molar-refractivity contribution in [2.24, 2.45) is 11.7 Å². The van der Waals surface area contributed by atoms with Crippen LogP contribution < -0.4 is 5.73 Å². The predicted octanol–water partition coefficient (Wildman–Crippen LogP) is 4.75. The Morgan fingerprint density at radius 3 is 1.59 bits per heavy atom. The van der Waals surface area contributed by atoms with Crippen molar-refractivity contribution in [2.75, 3.05) is 13.2 Å². The standard InChI is InChI=1S/C21H24F3N.C2H7NO/c22-21(23,24)19-11-13-20(14-12-19)25(15-17-7-3-1-4-8-17)16-18-9-5-2-6-10-18;3-1-2-4/h1-10,19-20H,11-16H2;4H,1-3H2. The first kappa shape index (κ1) is 23.4. The van der Waals surface area contributed by atoms with E-state index in [1.165, 1.54) is 11.1 Å². The quantitative estimate of drug-likeness (QED) is 0.725. The van der Waals surface area contributed by atoms with Crippen LogP contribution in [0, 0.1) is 5.92 Å². The van der Waals surface area contributed by atoms with Crippen molar-refractivity contribution >= 4 is 0 Å². The molecule has 0 unspecified atom stereocenters. The highest BCUT2D eigenvalue weighted by molar-refractivity contribution is 5.17. The fraction of sp³-hybridized carbons (Fsp3) is 0.478. The van der Waals surface area contributed by atoms with E-state index in [2.05, 4.69) is 29.2 Å². The van der Waals surface area contributed by atoms with E-state index in [4.69, 9.17) is 10.8 Å². The van der Waals surface area contributed by atoms with E-state index in [1.54, 1.807) is 0 Å². The lowest BCUT2D eigenvalue weighted by Crippen LogP contribution is -2.39. The van der Waals surface area contributed by atoms with Crippen LogP contribution in [0.5, 0.6) is 0 Å². The summed E-state index contributed by atoms with van der Waals surface area (Å²) in [4.78, 5) is 2.34. The van der Waals surface area contributed by atoms with Crippen LogP contribution in [0.4, 0.5) is 13.2 Å². The molecular weight excluding hydrogens is 377 g/mol. The van der Waals surface area contributed by atoms with Crippen molar-refractivity contribution in [1.29, 1.82) is 0 Å². The maximum Gasteiger partial charge on any atom is 0.391 e. The zero-order valence-corrected chi connectivity index (χ0v) is 16.7. The van der Waals surface area contributed by atoms with Crippen molar-refractivity contribution in [3.05, 3.63) is 71.8 Å². The molecule has 6 heteroatoms. The minimum atomic E-state index is -4.05. The number of nitrogens with two attached hydrogens (primary N) is 1. The fourth-order valence-corrected chi connectivity index (χ4v) is 3.72. The maximum absolute atomic E-state index is 12.9. The number of alkyl halides is 3. The highest BCUT2D eigenvalue weighted by atomic mass is 19.4. The Balaban J connectivity index is 0.000000687. The molecule has 0 aromatic heterocycles. The van der Waals surface area contributed by atoms with Crippen LogP contribution in [0.25, 0.3) is 0 Å². The van der Waals surface area contributed by atoms with E-state index >= 15 is 0 Å². The molecule has 1 aliphatic rings. The molecule has 0 heterocycles. The fourth-order valence-electron chi connectivity index (χ4n) is 3.72. The molecule has 29 heavy (non-hydrogen) atoms. The van der Waals surface area contributed by atoms with Gasteiger partial charge in [0.15, 0.2) is 0 Å². The Morgan fingerprint density at radius 2 is 1.24 bits per heavy atom. The molecule has 0 aliphatic heterocycles. The predicted molar refractivity (Wildman–Crippen MR) is 110 cm³/mol. The Bertz CT molecular complexity index is 628. The molecular formula is C23H31F3N2O. The van der Waals surface area contributed by atoms with Gasteiger partial charge in [0.25, 0.3) is 0 Å². The second-order valence-corrected chi connectivity index (χ2v) is 7.44. The number of hydrogen-bond acceptors (Lipinski definition) is 3. The van der Waals surface area contributed by atoms with Gasteiger partial charge >= 0.3 is 6.18 Å². The van der Waals surface area contributed by atoms with Crippen LogP contribution >= 0.6 is 0 Å². The Labute approximate surface area is 171 Å². The number of rotatable bonds is 6. The van der Waals surface area contributed by atoms with Crippen LogP contribution in [0.15, 0.2) is 60.7 Å². The summed E-state index contributed by atoms with van der Waals surface area (Å²) in [7, 11) is 0. The Morgan fingerprint density at radius 1 is 0.828 bits per heavy atom. The number of aliphatic hydroxyl groups excluding tert-OH is 1. The number of halogens is 3. The molecule has 0 bridgehead atoms. The molecule has 3 rings (SSSR count). The molecule has 0 radical (unpaired) electrons. The van der Waals surface area contributed by atoms with Crippen LogP contribution in [0.1, 0.15) is 36.8 Å². The van der Waals surface area contributed by atoms with Crippen LogP contribution in [-0.2, 0) is 13.1 Å². The SMILES string of the molecule is FC(F)(F)C1CCC(N(Cc2ccccc2)Cc2ccccc2)CC1.NCCO. The largest absolute Gasteiger partial charge is 0.395 e. The lowest BCUT2D eigenvalue weighted by molar-refractivity contribution is -0.184. The van der Waals surface area contributed by atoms with E-state index in [0.29, 0.717) is 19.4 Å². The molecule has 2 aromatic rings. The summed E-state index contributed by atoms with van der Waals surface area (Å²) < 4.78 is 38.8. The summed E-state index contributed by atoms with van der Waals surface area (Å²) in [5, 5.41) is 7.75. The molecule has 3 N–H and O–H groups in total. The summed E-state index contributed by atoms with van der Waals surface area (Å²) in [5.74, 6) is -1.13. The molecule has 3 nitrogen and oxygen atoms in total. The third kappa shape index (κ3) is 8.17. The summed E-state index contributed by atoms with van der Waals surface area (Å²) in [6, 6.07) is 20.6. The van der Waals surface area contributed by atoms with E-state index in [1.807, 2.05) is 36.4 Å². The topological polar surface area (TPSA) is 49.5 Å². The van der Waals surface area contributed by atoms with Gasteiger partial charge in [0, 0.05) is 25.7 Å². The molecule has 0 saturated heterocycles.